The highest BCUT2D eigenvalue weighted by Gasteiger charge is 2.15. The second-order valence-electron chi connectivity index (χ2n) is 5.15. The van der Waals surface area contributed by atoms with E-state index in [0.29, 0.717) is 5.13 Å². The van der Waals surface area contributed by atoms with Crippen molar-refractivity contribution in [2.45, 2.75) is 23.3 Å². The van der Waals surface area contributed by atoms with E-state index in [1.165, 1.54) is 34.9 Å². The number of nitrogens with zero attached hydrogens (tertiary/aromatic N) is 4. The molecule has 9 heteroatoms. The summed E-state index contributed by atoms with van der Waals surface area (Å²) in [6.07, 6.45) is 1.93. The molecule has 130 valence electrons. The number of carbonyl (C=O) groups excluding carboxylic acids is 1. The Kier molecular flexibility index (Phi) is 5.77. The average Bonchev–Trinajstić information content (AvgIpc) is 3.18. The third kappa shape index (κ3) is 4.23. The number of carbonyl (C=O) groups is 1. The fraction of sp³-hybridized carbons (Fsp3) is 0.250. The van der Waals surface area contributed by atoms with E-state index in [0.717, 1.165) is 26.6 Å². The van der Waals surface area contributed by atoms with E-state index in [9.17, 15) is 4.79 Å². The van der Waals surface area contributed by atoms with Crippen LogP contribution in [0.3, 0.4) is 0 Å². The van der Waals surface area contributed by atoms with Gasteiger partial charge in [0.1, 0.15) is 0 Å². The van der Waals surface area contributed by atoms with Crippen molar-refractivity contribution in [3.63, 3.8) is 0 Å². The van der Waals surface area contributed by atoms with Crippen LogP contribution in [0.15, 0.2) is 39.8 Å². The molecule has 0 saturated heterocycles. The zero-order valence-corrected chi connectivity index (χ0v) is 16.5. The first-order chi connectivity index (χ1) is 12.1. The minimum atomic E-state index is -0.119. The maximum atomic E-state index is 12.2. The largest absolute Gasteiger partial charge is 0.300 e. The fourth-order valence-corrected chi connectivity index (χ4v) is 4.28. The van der Waals surface area contributed by atoms with Crippen molar-refractivity contribution in [1.29, 1.82) is 0 Å². The monoisotopic (exact) mass is 391 g/mol. The number of nitrogens with one attached hydrogen (secondary N) is 1. The van der Waals surface area contributed by atoms with Crippen LogP contribution in [0.1, 0.15) is 11.4 Å². The molecule has 3 rings (SSSR count). The summed E-state index contributed by atoms with van der Waals surface area (Å²) in [6.45, 7) is 4.01. The van der Waals surface area contributed by atoms with Gasteiger partial charge in [0.25, 0.3) is 0 Å². The van der Waals surface area contributed by atoms with E-state index < -0.39 is 0 Å². The zero-order valence-electron chi connectivity index (χ0n) is 14.0. The van der Waals surface area contributed by atoms with Crippen molar-refractivity contribution in [3.05, 3.63) is 41.7 Å². The van der Waals surface area contributed by atoms with Gasteiger partial charge in [-0.05, 0) is 32.2 Å². The molecule has 25 heavy (non-hydrogen) atoms. The molecule has 0 radical (unpaired) electrons. The van der Waals surface area contributed by atoms with E-state index in [-0.39, 0.29) is 11.7 Å². The number of imidazole rings is 1. The van der Waals surface area contributed by atoms with Crippen molar-refractivity contribution in [3.8, 4) is 5.69 Å². The van der Waals surface area contributed by atoms with Crippen LogP contribution in [0.25, 0.3) is 5.69 Å². The van der Waals surface area contributed by atoms with E-state index in [2.05, 4.69) is 25.1 Å². The number of aryl methyl sites for hydroxylation is 1. The second-order valence-corrected chi connectivity index (χ2v) is 8.12. The third-order valence-corrected chi connectivity index (χ3v) is 6.24. The standard InChI is InChI=1S/C16H17N5OS3/c1-10-11(2)21(12-7-5-4-6-8-12)15(17-10)24-9-13(22)18-14-19-20-16(23-3)25-14/h4-8H,9H2,1-3H3,(H,18,19,22). The van der Waals surface area contributed by atoms with Crippen LogP contribution < -0.4 is 5.32 Å². The fourth-order valence-electron chi connectivity index (χ4n) is 2.19. The van der Waals surface area contributed by atoms with Crippen molar-refractivity contribution < 1.29 is 4.79 Å². The Bertz CT molecular complexity index is 875. The zero-order chi connectivity index (χ0) is 17.8. The van der Waals surface area contributed by atoms with E-state index in [4.69, 9.17) is 0 Å². The van der Waals surface area contributed by atoms with Gasteiger partial charge in [-0.3, -0.25) is 14.7 Å². The van der Waals surface area contributed by atoms with Gasteiger partial charge in [0, 0.05) is 11.4 Å². The molecule has 6 nitrogen and oxygen atoms in total. The summed E-state index contributed by atoms with van der Waals surface area (Å²) in [6, 6.07) is 10.0. The summed E-state index contributed by atoms with van der Waals surface area (Å²) in [5.74, 6) is 0.142. The van der Waals surface area contributed by atoms with E-state index in [1.54, 1.807) is 0 Å². The van der Waals surface area contributed by atoms with Crippen LogP contribution in [0.5, 0.6) is 0 Å². The van der Waals surface area contributed by atoms with Crippen molar-refractivity contribution in [2.75, 3.05) is 17.3 Å². The number of anilines is 1. The molecule has 0 aliphatic heterocycles. The number of hydrogen-bond acceptors (Lipinski definition) is 7. The number of benzene rings is 1. The normalized spacial score (nSPS) is 10.8. The average molecular weight is 392 g/mol. The van der Waals surface area contributed by atoms with Crippen LogP contribution in [-0.4, -0.2) is 37.7 Å². The van der Waals surface area contributed by atoms with Crippen LogP contribution in [0.2, 0.25) is 0 Å². The van der Waals surface area contributed by atoms with Gasteiger partial charge in [0.15, 0.2) is 9.50 Å². The number of aromatic nitrogens is 4. The quantitative estimate of drug-likeness (QED) is 0.509. The predicted molar refractivity (Wildman–Crippen MR) is 104 cm³/mol. The van der Waals surface area contributed by atoms with Crippen LogP contribution in [0.4, 0.5) is 5.13 Å². The number of thioether (sulfide) groups is 2. The number of hydrogen-bond donors (Lipinski definition) is 1. The highest BCUT2D eigenvalue weighted by atomic mass is 32.2. The molecule has 0 fully saturated rings. The smallest absolute Gasteiger partial charge is 0.236 e. The lowest BCUT2D eigenvalue weighted by Crippen LogP contribution is -2.14. The minimum absolute atomic E-state index is 0.119. The summed E-state index contributed by atoms with van der Waals surface area (Å²) in [4.78, 5) is 16.8. The number of amides is 1. The summed E-state index contributed by atoms with van der Waals surface area (Å²) in [5, 5.41) is 12.0. The molecule has 1 aromatic carbocycles. The molecule has 2 aromatic heterocycles. The van der Waals surface area contributed by atoms with Gasteiger partial charge in [0.05, 0.1) is 11.4 Å². The number of rotatable bonds is 6. The minimum Gasteiger partial charge on any atom is -0.300 e. The second kappa shape index (κ2) is 8.03. The van der Waals surface area contributed by atoms with Crippen molar-refractivity contribution >= 4 is 45.9 Å². The molecule has 1 amide bonds. The third-order valence-electron chi connectivity index (χ3n) is 3.49. The molecule has 0 unspecified atom stereocenters. The summed E-state index contributed by atoms with van der Waals surface area (Å²) < 4.78 is 2.90. The highest BCUT2D eigenvalue weighted by molar-refractivity contribution is 8.00. The summed E-state index contributed by atoms with van der Waals surface area (Å²) >= 11 is 4.28. The van der Waals surface area contributed by atoms with Crippen LogP contribution in [-0.2, 0) is 4.79 Å². The lowest BCUT2D eigenvalue weighted by Gasteiger charge is -2.09. The summed E-state index contributed by atoms with van der Waals surface area (Å²) in [5.41, 5.74) is 3.07. The Hall–Kier alpha value is -1.84. The lowest BCUT2D eigenvalue weighted by atomic mass is 10.3. The van der Waals surface area contributed by atoms with E-state index >= 15 is 0 Å². The molecular weight excluding hydrogens is 374 g/mol. The molecule has 0 atom stereocenters. The molecule has 3 aromatic rings. The van der Waals surface area contributed by atoms with Gasteiger partial charge >= 0.3 is 0 Å². The van der Waals surface area contributed by atoms with Crippen LogP contribution >= 0.6 is 34.9 Å². The van der Waals surface area contributed by atoms with Gasteiger partial charge in [-0.15, -0.1) is 10.2 Å². The van der Waals surface area contributed by atoms with Gasteiger partial charge in [-0.25, -0.2) is 4.98 Å². The Balaban J connectivity index is 1.71. The SMILES string of the molecule is CSc1nnc(NC(=O)CSc2nc(C)c(C)n2-c2ccccc2)s1. The molecule has 0 bridgehead atoms. The van der Waals surface area contributed by atoms with Crippen molar-refractivity contribution in [1.82, 2.24) is 19.7 Å². The maximum Gasteiger partial charge on any atom is 0.236 e. The van der Waals surface area contributed by atoms with Crippen LogP contribution in [0, 0.1) is 13.8 Å². The maximum absolute atomic E-state index is 12.2. The topological polar surface area (TPSA) is 72.7 Å². The molecule has 2 heterocycles. The molecule has 0 saturated carbocycles. The summed E-state index contributed by atoms with van der Waals surface area (Å²) in [7, 11) is 0. The molecular formula is C16H17N5OS3. The molecule has 0 spiro atoms. The first kappa shape index (κ1) is 18.0. The first-order valence-electron chi connectivity index (χ1n) is 7.50. The van der Waals surface area contributed by atoms with Gasteiger partial charge in [-0.1, -0.05) is 53.1 Å². The highest BCUT2D eigenvalue weighted by Crippen LogP contribution is 2.26. The molecule has 0 aliphatic rings. The van der Waals surface area contributed by atoms with Gasteiger partial charge < -0.3 is 0 Å². The van der Waals surface area contributed by atoms with Crippen molar-refractivity contribution in [2.24, 2.45) is 0 Å². The van der Waals surface area contributed by atoms with Gasteiger partial charge in [0.2, 0.25) is 11.0 Å². The van der Waals surface area contributed by atoms with Gasteiger partial charge in [-0.2, -0.15) is 0 Å². The number of para-hydroxylation sites is 1. The first-order valence-corrected chi connectivity index (χ1v) is 10.5. The Labute approximate surface area is 158 Å². The molecule has 1 N–H and O–H groups in total. The Morgan fingerprint density at radius 3 is 2.68 bits per heavy atom. The predicted octanol–water partition coefficient (Wildman–Crippen LogP) is 3.79. The molecule has 0 aliphatic carbocycles. The van der Waals surface area contributed by atoms with E-state index in [1.807, 2.05) is 50.4 Å². The Morgan fingerprint density at radius 2 is 2.00 bits per heavy atom. The Morgan fingerprint density at radius 1 is 1.24 bits per heavy atom. The lowest BCUT2D eigenvalue weighted by molar-refractivity contribution is -0.113.